The Kier molecular flexibility index (Phi) is 13.8. The van der Waals surface area contributed by atoms with Crippen molar-refractivity contribution in [1.29, 1.82) is 0 Å². The van der Waals surface area contributed by atoms with Crippen LogP contribution in [0.5, 0.6) is 0 Å². The van der Waals surface area contributed by atoms with Crippen molar-refractivity contribution >= 4 is 19.7 Å². The molecule has 2 N–H and O–H groups in total. The van der Waals surface area contributed by atoms with Crippen LogP contribution in [0.4, 0.5) is 5.69 Å². The summed E-state index contributed by atoms with van der Waals surface area (Å²) in [6.45, 7) is 6.30. The fourth-order valence-electron chi connectivity index (χ4n) is 5.52. The summed E-state index contributed by atoms with van der Waals surface area (Å²) in [6, 6.07) is 8.59. The maximum Gasteiger partial charge on any atom is 0.335 e. The number of hydrogen-bond donors (Lipinski definition) is 2. The molecule has 1 aromatic carbocycles. The van der Waals surface area contributed by atoms with E-state index < -0.39 is 14.0 Å². The van der Waals surface area contributed by atoms with Gasteiger partial charge in [-0.05, 0) is 36.2 Å². The zero-order chi connectivity index (χ0) is 23.8. The smallest absolute Gasteiger partial charge is 0.335 e. The van der Waals surface area contributed by atoms with Gasteiger partial charge in [0, 0.05) is 12.2 Å². The van der Waals surface area contributed by atoms with Gasteiger partial charge in [-0.3, -0.25) is 0 Å². The summed E-state index contributed by atoms with van der Waals surface area (Å²) >= 11 is 0. The lowest BCUT2D eigenvalue weighted by Gasteiger charge is -2.35. The quantitative estimate of drug-likeness (QED) is 0.165. The molecule has 0 aliphatic heterocycles. The third-order valence-corrected chi connectivity index (χ3v) is 12.3. The maximum absolute atomic E-state index is 10.9. The van der Waals surface area contributed by atoms with Gasteiger partial charge >= 0.3 is 5.97 Å². The summed E-state index contributed by atoms with van der Waals surface area (Å²) in [5.41, 5.74) is 2.48. The molecule has 0 radical (unpaired) electrons. The van der Waals surface area contributed by atoms with Crippen LogP contribution < -0.4 is 5.32 Å². The Bertz CT molecular complexity index is 638. The van der Waals surface area contributed by atoms with Crippen molar-refractivity contribution in [3.63, 3.8) is 0 Å². The van der Waals surface area contributed by atoms with E-state index in [0.717, 1.165) is 17.8 Å². The average molecular weight is 474 g/mol. The van der Waals surface area contributed by atoms with Crippen LogP contribution in [0.3, 0.4) is 0 Å². The number of rotatable bonds is 18. The highest BCUT2D eigenvalue weighted by Crippen LogP contribution is 2.39. The number of carboxylic acid groups (broad SMARTS) is 1. The van der Waals surface area contributed by atoms with Gasteiger partial charge in [-0.2, -0.15) is 0 Å². The summed E-state index contributed by atoms with van der Waals surface area (Å²) in [6.07, 6.45) is 24.3. The molecule has 1 saturated carbocycles. The summed E-state index contributed by atoms with van der Waals surface area (Å²) in [7, 11) is -0.952. The van der Waals surface area contributed by atoms with Crippen LogP contribution in [0.2, 0.25) is 24.7 Å². The summed E-state index contributed by atoms with van der Waals surface area (Å²) < 4.78 is 0. The highest BCUT2D eigenvalue weighted by Gasteiger charge is 2.31. The molecule has 3 nitrogen and oxygen atoms in total. The molecule has 0 spiro atoms. The Morgan fingerprint density at radius 1 is 0.788 bits per heavy atom. The molecule has 0 aromatic heterocycles. The van der Waals surface area contributed by atoms with E-state index in [0.29, 0.717) is 5.56 Å². The van der Waals surface area contributed by atoms with Crippen LogP contribution in [-0.2, 0) is 0 Å². The molecule has 1 aliphatic carbocycles. The van der Waals surface area contributed by atoms with Gasteiger partial charge < -0.3 is 10.4 Å². The molecule has 1 aromatic rings. The van der Waals surface area contributed by atoms with Crippen LogP contribution in [0, 0.1) is 0 Å². The Balaban J connectivity index is 1.32. The van der Waals surface area contributed by atoms with Crippen molar-refractivity contribution in [3.8, 4) is 0 Å². The second kappa shape index (κ2) is 16.4. The van der Waals surface area contributed by atoms with E-state index >= 15 is 0 Å². The Morgan fingerprint density at radius 3 is 1.79 bits per heavy atom. The summed E-state index contributed by atoms with van der Waals surface area (Å²) in [5, 5.41) is 12.3. The van der Waals surface area contributed by atoms with Crippen molar-refractivity contribution in [1.82, 2.24) is 0 Å². The van der Waals surface area contributed by atoms with Gasteiger partial charge in [-0.15, -0.1) is 0 Å². The molecule has 1 aliphatic rings. The van der Waals surface area contributed by atoms with Crippen LogP contribution in [-0.4, -0.2) is 25.7 Å². The van der Waals surface area contributed by atoms with Crippen LogP contribution >= 0.6 is 0 Å². The number of carbonyl (C=O) groups is 1. The fourth-order valence-corrected chi connectivity index (χ4v) is 9.07. The maximum atomic E-state index is 10.9. The third kappa shape index (κ3) is 12.1. The number of benzene rings is 1. The minimum absolute atomic E-state index is 0.343. The molecule has 188 valence electrons. The van der Waals surface area contributed by atoms with Crippen LogP contribution in [0.1, 0.15) is 120 Å². The first-order valence-corrected chi connectivity index (χ1v) is 17.3. The zero-order valence-electron chi connectivity index (χ0n) is 21.7. The third-order valence-electron chi connectivity index (χ3n) is 7.92. The van der Waals surface area contributed by atoms with Gasteiger partial charge in [-0.1, -0.05) is 122 Å². The molecule has 1 fully saturated rings. The Hall–Kier alpha value is -1.29. The Labute approximate surface area is 205 Å². The monoisotopic (exact) mass is 473 g/mol. The van der Waals surface area contributed by atoms with Crippen molar-refractivity contribution in [2.24, 2.45) is 0 Å². The molecular weight excluding hydrogens is 422 g/mol. The number of unbranched alkanes of at least 4 members (excludes halogenated alkanes) is 11. The minimum Gasteiger partial charge on any atom is -0.478 e. The lowest BCUT2D eigenvalue weighted by Crippen LogP contribution is -2.33. The molecule has 33 heavy (non-hydrogen) atoms. The van der Waals surface area contributed by atoms with Gasteiger partial charge in [0.05, 0.1) is 13.6 Å². The standard InChI is InChI=1S/C29H51NO2Si/c1-33(2,28-18-14-13-15-19-28)25-17-12-10-8-6-4-3-5-7-9-11-16-24-30-27-22-20-26(21-23-27)29(31)32/h20-23,28,30H,3-19,24-25H2,1-2H3,(H,31,32). The van der Waals surface area contributed by atoms with Crippen LogP contribution in [0.25, 0.3) is 0 Å². The van der Waals surface area contributed by atoms with Crippen molar-refractivity contribution in [2.75, 3.05) is 11.9 Å². The normalized spacial score (nSPS) is 15.0. The first-order valence-electron chi connectivity index (χ1n) is 14.1. The first kappa shape index (κ1) is 27.9. The van der Waals surface area contributed by atoms with E-state index in [1.54, 1.807) is 31.0 Å². The zero-order valence-corrected chi connectivity index (χ0v) is 22.7. The molecule has 0 unspecified atom stereocenters. The molecule has 0 saturated heterocycles. The number of carboxylic acids is 1. The second-order valence-corrected chi connectivity index (χ2v) is 16.4. The SMILES string of the molecule is C[Si](C)(CCCCCCCCCCCCCCNc1ccc(C(=O)O)cc1)C1CCCCC1. The molecule has 0 bridgehead atoms. The molecule has 2 rings (SSSR count). The number of anilines is 1. The van der Waals surface area contributed by atoms with E-state index in [1.807, 2.05) is 12.1 Å². The van der Waals surface area contributed by atoms with E-state index in [2.05, 4.69) is 18.4 Å². The highest BCUT2D eigenvalue weighted by molar-refractivity contribution is 6.78. The van der Waals surface area contributed by atoms with Crippen molar-refractivity contribution < 1.29 is 9.90 Å². The predicted molar refractivity (Wildman–Crippen MR) is 146 cm³/mol. The van der Waals surface area contributed by atoms with Crippen molar-refractivity contribution in [3.05, 3.63) is 29.8 Å². The predicted octanol–water partition coefficient (Wildman–Crippen LogP) is 9.52. The van der Waals surface area contributed by atoms with Gasteiger partial charge in [0.25, 0.3) is 0 Å². The molecule has 0 heterocycles. The van der Waals surface area contributed by atoms with Gasteiger partial charge in [0.15, 0.2) is 0 Å². The van der Waals surface area contributed by atoms with E-state index in [4.69, 9.17) is 5.11 Å². The number of nitrogens with one attached hydrogen (secondary N) is 1. The van der Waals surface area contributed by atoms with E-state index in [9.17, 15) is 4.79 Å². The van der Waals surface area contributed by atoms with Gasteiger partial charge in [0.2, 0.25) is 0 Å². The molecule has 0 atom stereocenters. The minimum atomic E-state index is -0.952. The Morgan fingerprint density at radius 2 is 1.27 bits per heavy atom. The first-order chi connectivity index (χ1) is 16.0. The van der Waals surface area contributed by atoms with Gasteiger partial charge in [0.1, 0.15) is 0 Å². The summed E-state index contributed by atoms with van der Waals surface area (Å²) in [4.78, 5) is 10.9. The topological polar surface area (TPSA) is 49.3 Å². The largest absolute Gasteiger partial charge is 0.478 e. The molecule has 4 heteroatoms. The molecule has 0 amide bonds. The average Bonchev–Trinajstić information content (AvgIpc) is 2.82. The fraction of sp³-hybridized carbons (Fsp3) is 0.759. The second-order valence-electron chi connectivity index (χ2n) is 11.1. The van der Waals surface area contributed by atoms with Crippen LogP contribution in [0.15, 0.2) is 24.3 Å². The molecular formula is C29H51NO2Si. The highest BCUT2D eigenvalue weighted by atomic mass is 28.3. The number of aromatic carboxylic acids is 1. The lowest BCUT2D eigenvalue weighted by molar-refractivity contribution is 0.0697. The summed E-state index contributed by atoms with van der Waals surface area (Å²) in [5.74, 6) is -0.868. The lowest BCUT2D eigenvalue weighted by atomic mass is 10.0. The van der Waals surface area contributed by atoms with E-state index in [1.165, 1.54) is 96.3 Å². The van der Waals surface area contributed by atoms with Gasteiger partial charge in [-0.25, -0.2) is 4.79 Å². The van der Waals surface area contributed by atoms with E-state index in [-0.39, 0.29) is 0 Å². The van der Waals surface area contributed by atoms with Crippen molar-refractivity contribution in [2.45, 2.75) is 134 Å². The number of hydrogen-bond acceptors (Lipinski definition) is 2.